The van der Waals surface area contributed by atoms with E-state index in [0.717, 1.165) is 22.1 Å². The van der Waals surface area contributed by atoms with E-state index in [1.54, 1.807) is 6.92 Å². The van der Waals surface area contributed by atoms with Gasteiger partial charge in [-0.2, -0.15) is 0 Å². The average Bonchev–Trinajstić information content (AvgIpc) is 2.90. The molecule has 0 saturated carbocycles. The summed E-state index contributed by atoms with van der Waals surface area (Å²) in [5, 5.41) is 9.99. The third-order valence-electron chi connectivity index (χ3n) is 3.47. The fourth-order valence-electron chi connectivity index (χ4n) is 2.42. The van der Waals surface area contributed by atoms with Crippen molar-refractivity contribution in [3.05, 3.63) is 35.9 Å². The van der Waals surface area contributed by atoms with Crippen molar-refractivity contribution >= 4 is 34.3 Å². The van der Waals surface area contributed by atoms with Crippen LogP contribution >= 0.6 is 11.8 Å². The highest BCUT2D eigenvalue weighted by Crippen LogP contribution is 2.28. The minimum Gasteiger partial charge on any atom is -0.465 e. The van der Waals surface area contributed by atoms with Crippen LogP contribution in [0.5, 0.6) is 0 Å². The summed E-state index contributed by atoms with van der Waals surface area (Å²) in [5.74, 6) is -0.235. The first-order chi connectivity index (χ1) is 10.6. The highest BCUT2D eigenvalue weighted by Gasteiger charge is 2.20. The minimum absolute atomic E-state index is 0.235. The lowest BCUT2D eigenvalue weighted by Gasteiger charge is -2.10. The summed E-state index contributed by atoms with van der Waals surface area (Å²) in [6.07, 6.45) is 0. The Balaban J connectivity index is 2.08. The molecule has 1 atom stereocenters. The average molecular weight is 315 g/mol. The largest absolute Gasteiger partial charge is 0.465 e. The van der Waals surface area contributed by atoms with Crippen molar-refractivity contribution in [2.24, 2.45) is 0 Å². The molecule has 22 heavy (non-hydrogen) atoms. The molecule has 0 aliphatic rings. The van der Waals surface area contributed by atoms with E-state index in [1.165, 1.54) is 11.8 Å². The number of carbonyl (C=O) groups is 1. The fourth-order valence-corrected chi connectivity index (χ4v) is 3.28. The lowest BCUT2D eigenvalue weighted by molar-refractivity contribution is -0.142. The molecule has 0 fully saturated rings. The molecule has 6 heteroatoms. The third-order valence-corrected chi connectivity index (χ3v) is 4.50. The van der Waals surface area contributed by atoms with Gasteiger partial charge in [0.05, 0.1) is 12.1 Å². The van der Waals surface area contributed by atoms with Crippen LogP contribution in [0.4, 0.5) is 0 Å². The van der Waals surface area contributed by atoms with Crippen molar-refractivity contribution in [1.29, 1.82) is 0 Å². The van der Waals surface area contributed by atoms with Gasteiger partial charge in [0, 0.05) is 5.39 Å². The maximum absolute atomic E-state index is 11.8. The van der Waals surface area contributed by atoms with E-state index in [1.807, 2.05) is 35.6 Å². The molecule has 0 aliphatic heterocycles. The molecule has 0 spiro atoms. The van der Waals surface area contributed by atoms with Gasteiger partial charge >= 0.3 is 5.97 Å². The van der Waals surface area contributed by atoms with Gasteiger partial charge in [0.25, 0.3) is 0 Å². The highest BCUT2D eigenvalue weighted by molar-refractivity contribution is 8.00. The molecule has 0 amide bonds. The summed E-state index contributed by atoms with van der Waals surface area (Å²) in [4.78, 5) is 11.8. The first kappa shape index (κ1) is 14.8. The van der Waals surface area contributed by atoms with Crippen LogP contribution in [0.25, 0.3) is 16.6 Å². The molecule has 114 valence electrons. The SMILES string of the molecule is CCOC(=O)[C@@H](C)Sc1nnc2cc(C)c3ccccc3n12. The number of rotatable bonds is 4. The highest BCUT2D eigenvalue weighted by atomic mass is 32.2. The number of nitrogens with zero attached hydrogens (tertiary/aromatic N) is 3. The van der Waals surface area contributed by atoms with E-state index in [-0.39, 0.29) is 11.2 Å². The summed E-state index contributed by atoms with van der Waals surface area (Å²) >= 11 is 1.36. The molecule has 1 aromatic carbocycles. The Morgan fingerprint density at radius 1 is 1.36 bits per heavy atom. The Kier molecular flexibility index (Phi) is 4.02. The Labute approximate surface area is 132 Å². The zero-order chi connectivity index (χ0) is 15.7. The minimum atomic E-state index is -0.326. The maximum Gasteiger partial charge on any atom is 0.319 e. The molecule has 3 aromatic rings. The van der Waals surface area contributed by atoms with Gasteiger partial charge in [-0.15, -0.1) is 10.2 Å². The lowest BCUT2D eigenvalue weighted by atomic mass is 10.1. The van der Waals surface area contributed by atoms with Crippen molar-refractivity contribution in [3.8, 4) is 0 Å². The van der Waals surface area contributed by atoms with Crippen LogP contribution in [0.2, 0.25) is 0 Å². The number of para-hydroxylation sites is 1. The summed E-state index contributed by atoms with van der Waals surface area (Å²) < 4.78 is 7.04. The normalized spacial score (nSPS) is 12.7. The van der Waals surface area contributed by atoms with E-state index in [9.17, 15) is 4.79 Å². The summed E-state index contributed by atoms with van der Waals surface area (Å²) in [6.45, 7) is 6.07. The Bertz CT molecular complexity index is 844. The molecule has 0 bridgehead atoms. The lowest BCUT2D eigenvalue weighted by Crippen LogP contribution is -2.17. The third kappa shape index (κ3) is 2.54. The van der Waals surface area contributed by atoms with E-state index in [0.29, 0.717) is 11.8 Å². The zero-order valence-corrected chi connectivity index (χ0v) is 13.6. The maximum atomic E-state index is 11.8. The molecule has 0 aliphatic carbocycles. The first-order valence-corrected chi connectivity index (χ1v) is 8.06. The van der Waals surface area contributed by atoms with E-state index < -0.39 is 0 Å². The standard InChI is InChI=1S/C16H17N3O2S/c1-4-21-15(20)11(3)22-16-18-17-14-9-10(2)12-7-5-6-8-13(12)19(14)16/h5-9,11H,4H2,1-3H3/t11-/m1/s1. The number of fused-ring (bicyclic) bond motifs is 3. The number of hydrogen-bond donors (Lipinski definition) is 0. The number of benzene rings is 1. The van der Waals surface area contributed by atoms with Crippen LogP contribution < -0.4 is 0 Å². The number of ether oxygens (including phenoxy) is 1. The quantitative estimate of drug-likeness (QED) is 0.546. The zero-order valence-electron chi connectivity index (χ0n) is 12.7. The number of aromatic nitrogens is 3. The number of pyridine rings is 1. The molecule has 5 nitrogen and oxygen atoms in total. The predicted molar refractivity (Wildman–Crippen MR) is 87.2 cm³/mol. The van der Waals surface area contributed by atoms with Crippen LogP contribution in [0.3, 0.4) is 0 Å². The second kappa shape index (κ2) is 5.96. The second-order valence-electron chi connectivity index (χ2n) is 5.03. The smallest absolute Gasteiger partial charge is 0.319 e. The van der Waals surface area contributed by atoms with Crippen LogP contribution in [0.1, 0.15) is 19.4 Å². The molecule has 2 heterocycles. The van der Waals surface area contributed by atoms with Crippen LogP contribution in [-0.2, 0) is 9.53 Å². The molecule has 3 rings (SSSR count). The van der Waals surface area contributed by atoms with Gasteiger partial charge in [0.1, 0.15) is 5.25 Å². The molecule has 0 unspecified atom stereocenters. The Hall–Kier alpha value is -2.08. The van der Waals surface area contributed by atoms with Gasteiger partial charge in [-0.3, -0.25) is 9.20 Å². The fraction of sp³-hybridized carbons (Fsp3) is 0.312. The Morgan fingerprint density at radius 3 is 2.91 bits per heavy atom. The molecular weight excluding hydrogens is 298 g/mol. The van der Waals surface area contributed by atoms with Crippen molar-refractivity contribution < 1.29 is 9.53 Å². The topological polar surface area (TPSA) is 56.5 Å². The Morgan fingerprint density at radius 2 is 2.14 bits per heavy atom. The van der Waals surface area contributed by atoms with Gasteiger partial charge in [-0.25, -0.2) is 0 Å². The monoisotopic (exact) mass is 315 g/mol. The number of hydrogen-bond acceptors (Lipinski definition) is 5. The van der Waals surface area contributed by atoms with Crippen LogP contribution in [0, 0.1) is 6.92 Å². The van der Waals surface area contributed by atoms with Gasteiger partial charge < -0.3 is 4.74 Å². The molecule has 0 saturated heterocycles. The molecular formula is C16H17N3O2S. The summed E-state index contributed by atoms with van der Waals surface area (Å²) in [5.41, 5.74) is 2.99. The van der Waals surface area contributed by atoms with Crippen LogP contribution in [0.15, 0.2) is 35.5 Å². The van der Waals surface area contributed by atoms with Gasteiger partial charge in [0.15, 0.2) is 10.8 Å². The van der Waals surface area contributed by atoms with Gasteiger partial charge in [-0.05, 0) is 38.5 Å². The van der Waals surface area contributed by atoms with Crippen molar-refractivity contribution in [3.63, 3.8) is 0 Å². The van der Waals surface area contributed by atoms with E-state index >= 15 is 0 Å². The summed E-state index contributed by atoms with van der Waals surface area (Å²) in [7, 11) is 0. The second-order valence-corrected chi connectivity index (χ2v) is 6.34. The number of aryl methyl sites for hydroxylation is 1. The molecule has 0 N–H and O–H groups in total. The predicted octanol–water partition coefficient (Wildman–Crippen LogP) is 3.23. The van der Waals surface area contributed by atoms with Gasteiger partial charge in [0.2, 0.25) is 0 Å². The first-order valence-electron chi connectivity index (χ1n) is 7.18. The number of esters is 1. The van der Waals surface area contributed by atoms with Crippen molar-refractivity contribution in [2.45, 2.75) is 31.2 Å². The van der Waals surface area contributed by atoms with Crippen molar-refractivity contribution in [1.82, 2.24) is 14.6 Å². The van der Waals surface area contributed by atoms with Crippen LogP contribution in [-0.4, -0.2) is 32.4 Å². The number of carbonyl (C=O) groups excluding carboxylic acids is 1. The van der Waals surface area contributed by atoms with Crippen molar-refractivity contribution in [2.75, 3.05) is 6.61 Å². The number of thioether (sulfide) groups is 1. The molecule has 0 radical (unpaired) electrons. The summed E-state index contributed by atoms with van der Waals surface area (Å²) in [6, 6.07) is 10.1. The van der Waals surface area contributed by atoms with E-state index in [2.05, 4.69) is 23.2 Å². The van der Waals surface area contributed by atoms with E-state index in [4.69, 9.17) is 4.74 Å². The van der Waals surface area contributed by atoms with Gasteiger partial charge in [-0.1, -0.05) is 30.0 Å². The molecule has 2 aromatic heterocycles.